The summed E-state index contributed by atoms with van der Waals surface area (Å²) in [5, 5.41) is 4.13. The highest BCUT2D eigenvalue weighted by Crippen LogP contribution is 2.34. The van der Waals surface area contributed by atoms with E-state index < -0.39 is 0 Å². The zero-order valence-corrected chi connectivity index (χ0v) is 17.5. The fourth-order valence-corrected chi connectivity index (χ4v) is 4.91. The van der Waals surface area contributed by atoms with E-state index in [-0.39, 0.29) is 11.9 Å². The van der Waals surface area contributed by atoms with Crippen molar-refractivity contribution in [1.29, 1.82) is 0 Å². The third-order valence-corrected chi connectivity index (χ3v) is 6.69. The van der Waals surface area contributed by atoms with E-state index in [2.05, 4.69) is 10.1 Å². The summed E-state index contributed by atoms with van der Waals surface area (Å²) in [7, 11) is 0. The zero-order chi connectivity index (χ0) is 19.9. The van der Waals surface area contributed by atoms with E-state index in [4.69, 9.17) is 14.0 Å². The Labute approximate surface area is 173 Å². The predicted molar refractivity (Wildman–Crippen MR) is 107 cm³/mol. The second-order valence-electron chi connectivity index (χ2n) is 8.88. The number of aromatic nitrogens is 2. The third-order valence-electron chi connectivity index (χ3n) is 6.69. The van der Waals surface area contributed by atoms with Gasteiger partial charge >= 0.3 is 0 Å². The topological polar surface area (TPSA) is 77.7 Å². The molecule has 2 aliphatic heterocycles. The molecule has 1 amide bonds. The molecule has 0 aromatic carbocycles. The quantitative estimate of drug-likeness (QED) is 0.614. The number of rotatable bonds is 8. The maximum atomic E-state index is 12.9. The van der Waals surface area contributed by atoms with Crippen LogP contribution in [-0.2, 0) is 20.7 Å². The van der Waals surface area contributed by atoms with Crippen LogP contribution in [0.3, 0.4) is 0 Å². The number of likely N-dealkylation sites (tertiary alicyclic amines) is 1. The first kappa shape index (κ1) is 20.8. The third kappa shape index (κ3) is 5.79. The summed E-state index contributed by atoms with van der Waals surface area (Å²) in [6.45, 7) is 3.88. The Bertz CT molecular complexity index is 638. The second-order valence-corrected chi connectivity index (χ2v) is 8.88. The Morgan fingerprint density at radius 3 is 2.69 bits per heavy atom. The van der Waals surface area contributed by atoms with Crippen LogP contribution in [0.1, 0.15) is 82.0 Å². The summed E-state index contributed by atoms with van der Waals surface area (Å²) in [4.78, 5) is 19.4. The Morgan fingerprint density at radius 2 is 1.86 bits per heavy atom. The molecule has 4 rings (SSSR count). The monoisotopic (exact) mass is 405 g/mol. The van der Waals surface area contributed by atoms with E-state index in [1.54, 1.807) is 0 Å². The summed E-state index contributed by atoms with van der Waals surface area (Å²) < 4.78 is 16.7. The van der Waals surface area contributed by atoms with Gasteiger partial charge in [-0.15, -0.1) is 0 Å². The number of amides is 1. The smallest absolute Gasteiger partial charge is 0.249 e. The van der Waals surface area contributed by atoms with Crippen LogP contribution in [-0.4, -0.2) is 53.9 Å². The van der Waals surface area contributed by atoms with Crippen molar-refractivity contribution in [3.05, 3.63) is 11.7 Å². The number of nitrogens with zero attached hydrogens (tertiary/aromatic N) is 3. The van der Waals surface area contributed by atoms with Crippen molar-refractivity contribution >= 4 is 5.91 Å². The molecule has 162 valence electrons. The van der Waals surface area contributed by atoms with E-state index in [1.165, 1.54) is 32.1 Å². The molecular formula is C22H35N3O4. The summed E-state index contributed by atoms with van der Waals surface area (Å²) in [6.07, 6.45) is 11.7. The Kier molecular flexibility index (Phi) is 7.55. The lowest BCUT2D eigenvalue weighted by atomic mass is 9.86. The number of ether oxygens (including phenoxy) is 2. The molecule has 3 heterocycles. The summed E-state index contributed by atoms with van der Waals surface area (Å²) in [5.74, 6) is 2.70. The first-order valence-electron chi connectivity index (χ1n) is 11.6. The fourth-order valence-electron chi connectivity index (χ4n) is 4.91. The second kappa shape index (κ2) is 10.5. The van der Waals surface area contributed by atoms with Gasteiger partial charge in [0.2, 0.25) is 11.8 Å². The minimum atomic E-state index is -0.0458. The largest absolute Gasteiger partial charge is 0.381 e. The predicted octanol–water partition coefficient (Wildman–Crippen LogP) is 3.69. The lowest BCUT2D eigenvalue weighted by molar-refractivity contribution is -0.133. The highest BCUT2D eigenvalue weighted by atomic mass is 16.5. The van der Waals surface area contributed by atoms with Crippen molar-refractivity contribution in [3.8, 4) is 0 Å². The van der Waals surface area contributed by atoms with Gasteiger partial charge in [-0.25, -0.2) is 0 Å². The lowest BCUT2D eigenvalue weighted by Crippen LogP contribution is -2.32. The number of carbonyl (C=O) groups is 1. The van der Waals surface area contributed by atoms with E-state index in [1.807, 2.05) is 4.90 Å². The van der Waals surface area contributed by atoms with Crippen molar-refractivity contribution < 1.29 is 18.8 Å². The van der Waals surface area contributed by atoms with E-state index in [0.717, 1.165) is 52.0 Å². The Hall–Kier alpha value is -1.47. The molecule has 1 aromatic heterocycles. The number of hydrogen-bond acceptors (Lipinski definition) is 6. The molecule has 1 saturated carbocycles. The molecule has 1 aliphatic carbocycles. The number of hydrogen-bond donors (Lipinski definition) is 0. The standard InChI is InChI=1S/C22H35N3O4/c26-21(15-17-5-2-1-3-6-17)25-11-4-7-19(25)22-23-20(24-29-22)10-14-28-16-18-8-12-27-13-9-18/h17-19H,1-16H2. The highest BCUT2D eigenvalue weighted by molar-refractivity contribution is 5.77. The van der Waals surface area contributed by atoms with E-state index in [0.29, 0.717) is 43.0 Å². The van der Waals surface area contributed by atoms with Crippen molar-refractivity contribution in [3.63, 3.8) is 0 Å². The van der Waals surface area contributed by atoms with E-state index >= 15 is 0 Å². The molecule has 2 saturated heterocycles. The van der Waals surface area contributed by atoms with Gasteiger partial charge in [0, 0.05) is 39.2 Å². The molecule has 3 fully saturated rings. The van der Waals surface area contributed by atoms with Gasteiger partial charge in [-0.2, -0.15) is 4.98 Å². The van der Waals surface area contributed by atoms with Crippen molar-refractivity contribution in [2.45, 2.75) is 76.7 Å². The molecule has 0 spiro atoms. The van der Waals surface area contributed by atoms with Gasteiger partial charge in [0.25, 0.3) is 0 Å². The van der Waals surface area contributed by atoms with Gasteiger partial charge in [-0.3, -0.25) is 4.79 Å². The van der Waals surface area contributed by atoms with Crippen LogP contribution in [0.15, 0.2) is 4.52 Å². The minimum absolute atomic E-state index is 0.0458. The summed E-state index contributed by atoms with van der Waals surface area (Å²) >= 11 is 0. The molecule has 1 aromatic rings. The average molecular weight is 406 g/mol. The molecule has 0 bridgehead atoms. The molecule has 1 unspecified atom stereocenters. The SMILES string of the molecule is O=C(CC1CCCCC1)N1CCCC1c1nc(CCOCC2CCOCC2)no1. The first-order chi connectivity index (χ1) is 14.3. The summed E-state index contributed by atoms with van der Waals surface area (Å²) in [6, 6.07) is -0.0458. The van der Waals surface area contributed by atoms with Crippen LogP contribution in [0, 0.1) is 11.8 Å². The fraction of sp³-hybridized carbons (Fsp3) is 0.864. The molecule has 7 nitrogen and oxygen atoms in total. The maximum Gasteiger partial charge on any atom is 0.249 e. The van der Waals surface area contributed by atoms with Crippen molar-refractivity contribution in [2.24, 2.45) is 11.8 Å². The van der Waals surface area contributed by atoms with Crippen molar-refractivity contribution in [2.75, 3.05) is 33.0 Å². The van der Waals surface area contributed by atoms with Crippen LogP contribution in [0.25, 0.3) is 0 Å². The highest BCUT2D eigenvalue weighted by Gasteiger charge is 2.34. The van der Waals surface area contributed by atoms with Gasteiger partial charge in [0.1, 0.15) is 6.04 Å². The minimum Gasteiger partial charge on any atom is -0.381 e. The lowest BCUT2D eigenvalue weighted by Gasteiger charge is -2.26. The first-order valence-corrected chi connectivity index (χ1v) is 11.6. The number of carbonyl (C=O) groups excluding carboxylic acids is 1. The molecule has 1 atom stereocenters. The van der Waals surface area contributed by atoms with Crippen LogP contribution < -0.4 is 0 Å². The molecule has 0 N–H and O–H groups in total. The molecule has 0 radical (unpaired) electrons. The molecule has 29 heavy (non-hydrogen) atoms. The molecule has 3 aliphatic rings. The van der Waals surface area contributed by atoms with Gasteiger partial charge in [0.15, 0.2) is 5.82 Å². The Morgan fingerprint density at radius 1 is 1.03 bits per heavy atom. The van der Waals surface area contributed by atoms with E-state index in [9.17, 15) is 4.79 Å². The van der Waals surface area contributed by atoms with Gasteiger partial charge in [0.05, 0.1) is 6.61 Å². The van der Waals surface area contributed by atoms with Gasteiger partial charge in [-0.1, -0.05) is 24.4 Å². The summed E-state index contributed by atoms with van der Waals surface area (Å²) in [5.41, 5.74) is 0. The molecule has 7 heteroatoms. The normalized spacial score (nSPS) is 24.3. The zero-order valence-electron chi connectivity index (χ0n) is 17.5. The van der Waals surface area contributed by atoms with Gasteiger partial charge < -0.3 is 18.9 Å². The van der Waals surface area contributed by atoms with Crippen LogP contribution in [0.4, 0.5) is 0 Å². The van der Waals surface area contributed by atoms with Crippen LogP contribution in [0.5, 0.6) is 0 Å². The van der Waals surface area contributed by atoms with Gasteiger partial charge in [-0.05, 0) is 50.4 Å². The van der Waals surface area contributed by atoms with Crippen molar-refractivity contribution in [1.82, 2.24) is 15.0 Å². The molecular weight excluding hydrogens is 370 g/mol. The average Bonchev–Trinajstić information content (AvgIpc) is 3.42. The van der Waals surface area contributed by atoms with Crippen LogP contribution in [0.2, 0.25) is 0 Å². The maximum absolute atomic E-state index is 12.9. The van der Waals surface area contributed by atoms with Crippen LogP contribution >= 0.6 is 0 Å². The Balaban J connectivity index is 1.23.